The van der Waals surface area contributed by atoms with Crippen LogP contribution in [0.4, 0.5) is 8.78 Å². The lowest BCUT2D eigenvalue weighted by Gasteiger charge is -2.38. The highest BCUT2D eigenvalue weighted by Crippen LogP contribution is 2.43. The van der Waals surface area contributed by atoms with Crippen LogP contribution in [0.2, 0.25) is 0 Å². The van der Waals surface area contributed by atoms with Gasteiger partial charge in [-0.05, 0) is 42.7 Å². The molecule has 1 amide bonds. The lowest BCUT2D eigenvalue weighted by Crippen LogP contribution is -2.41. The summed E-state index contributed by atoms with van der Waals surface area (Å²) in [5, 5.41) is 1.32. The van der Waals surface area contributed by atoms with E-state index in [0.29, 0.717) is 31.4 Å². The van der Waals surface area contributed by atoms with Gasteiger partial charge in [-0.3, -0.25) is 9.63 Å². The minimum Gasteiger partial charge on any atom is -0.327 e. The van der Waals surface area contributed by atoms with Crippen molar-refractivity contribution < 1.29 is 18.4 Å². The third-order valence-electron chi connectivity index (χ3n) is 5.73. The molecule has 1 aliphatic heterocycles. The van der Waals surface area contributed by atoms with Crippen molar-refractivity contribution in [3.63, 3.8) is 0 Å². The van der Waals surface area contributed by atoms with E-state index >= 15 is 0 Å². The number of fused-ring (bicyclic) bond motifs is 1. The van der Waals surface area contributed by atoms with Crippen LogP contribution in [0.3, 0.4) is 0 Å². The number of carbonyl (C=O) groups excluding carboxylic acids is 1. The van der Waals surface area contributed by atoms with Crippen LogP contribution in [0, 0.1) is 17.6 Å². The van der Waals surface area contributed by atoms with Gasteiger partial charge in [-0.1, -0.05) is 12.1 Å². The second-order valence-corrected chi connectivity index (χ2v) is 7.47. The number of hydroxylamine groups is 2. The zero-order valence-corrected chi connectivity index (χ0v) is 15.1. The van der Waals surface area contributed by atoms with E-state index in [0.717, 1.165) is 17.1 Å². The van der Waals surface area contributed by atoms with Crippen LogP contribution in [-0.2, 0) is 9.63 Å². The molecular formula is C21H19F2N3O2. The number of imidazole rings is 1. The molecule has 5 rings (SSSR count). The van der Waals surface area contributed by atoms with Crippen LogP contribution in [0.5, 0.6) is 0 Å². The average Bonchev–Trinajstić information content (AvgIpc) is 3.27. The van der Waals surface area contributed by atoms with Gasteiger partial charge in [0.1, 0.15) is 11.6 Å². The van der Waals surface area contributed by atoms with Gasteiger partial charge < -0.3 is 4.57 Å². The number of hydrogen-bond donors (Lipinski definition) is 0. The fourth-order valence-corrected chi connectivity index (χ4v) is 4.22. The molecule has 1 saturated heterocycles. The lowest BCUT2D eigenvalue weighted by molar-refractivity contribution is -0.185. The van der Waals surface area contributed by atoms with Gasteiger partial charge in [0.25, 0.3) is 0 Å². The lowest BCUT2D eigenvalue weighted by atomic mass is 9.79. The Kier molecular flexibility index (Phi) is 4.12. The number of nitrogens with zero attached hydrogens (tertiary/aromatic N) is 3. The van der Waals surface area contributed by atoms with E-state index in [1.165, 1.54) is 17.2 Å². The van der Waals surface area contributed by atoms with Crippen molar-refractivity contribution >= 4 is 16.9 Å². The Hall–Kier alpha value is -2.80. The first-order valence-electron chi connectivity index (χ1n) is 9.43. The number of carbonyl (C=O) groups is 1. The van der Waals surface area contributed by atoms with Gasteiger partial charge in [0, 0.05) is 24.4 Å². The summed E-state index contributed by atoms with van der Waals surface area (Å²) in [5.41, 5.74) is 2.43. The molecule has 7 heteroatoms. The van der Waals surface area contributed by atoms with Gasteiger partial charge in [-0.25, -0.2) is 18.8 Å². The summed E-state index contributed by atoms with van der Waals surface area (Å²) in [6, 6.07) is 11.0. The molecule has 2 aromatic carbocycles. The maximum Gasteiger partial charge on any atom is 0.249 e. The molecule has 0 bridgehead atoms. The van der Waals surface area contributed by atoms with Crippen LogP contribution in [-0.4, -0.2) is 27.1 Å². The summed E-state index contributed by atoms with van der Waals surface area (Å²) < 4.78 is 29.3. The summed E-state index contributed by atoms with van der Waals surface area (Å²) in [7, 11) is 0. The molecule has 2 heterocycles. The molecule has 28 heavy (non-hydrogen) atoms. The standard InChI is InChI=1S/C21H19F2N3O2/c22-15-7-13(8-16(23)11-15)19-5-6-28-26(19)21(27)14-9-17(10-14)25-12-24-18-3-1-2-4-20(18)25/h1-4,7-8,11-12,14,17,19H,5-6,9-10H2/t14?,17?,19-/m0/s1. The largest absolute Gasteiger partial charge is 0.327 e. The Labute approximate surface area is 160 Å². The van der Waals surface area contributed by atoms with Gasteiger partial charge in [-0.15, -0.1) is 0 Å². The number of rotatable bonds is 3. The minimum absolute atomic E-state index is 0.118. The third-order valence-corrected chi connectivity index (χ3v) is 5.73. The summed E-state index contributed by atoms with van der Waals surface area (Å²) in [5.74, 6) is -1.58. The predicted molar refractivity (Wildman–Crippen MR) is 98.0 cm³/mol. The number of hydrogen-bond acceptors (Lipinski definition) is 3. The first kappa shape index (κ1) is 17.3. The molecule has 1 saturated carbocycles. The molecule has 1 aliphatic carbocycles. The van der Waals surface area contributed by atoms with Gasteiger partial charge in [-0.2, -0.15) is 0 Å². The van der Waals surface area contributed by atoms with Gasteiger partial charge >= 0.3 is 0 Å². The second-order valence-electron chi connectivity index (χ2n) is 7.47. The number of aromatic nitrogens is 2. The topological polar surface area (TPSA) is 47.4 Å². The van der Waals surface area contributed by atoms with E-state index in [4.69, 9.17) is 4.84 Å². The Morgan fingerprint density at radius 2 is 1.86 bits per heavy atom. The molecule has 2 fully saturated rings. The molecular weight excluding hydrogens is 364 g/mol. The third kappa shape index (κ3) is 2.86. The van der Waals surface area contributed by atoms with Crippen molar-refractivity contribution in [2.45, 2.75) is 31.3 Å². The maximum atomic E-state index is 13.6. The summed E-state index contributed by atoms with van der Waals surface area (Å²) in [6.07, 6.45) is 3.74. The highest BCUT2D eigenvalue weighted by atomic mass is 19.1. The van der Waals surface area contributed by atoms with Gasteiger partial charge in [0.2, 0.25) is 5.91 Å². The van der Waals surface area contributed by atoms with Crippen molar-refractivity contribution in [1.82, 2.24) is 14.6 Å². The van der Waals surface area contributed by atoms with Crippen molar-refractivity contribution in [3.8, 4) is 0 Å². The fourth-order valence-electron chi connectivity index (χ4n) is 4.22. The average molecular weight is 383 g/mol. The molecule has 144 valence electrons. The zero-order valence-electron chi connectivity index (χ0n) is 15.1. The van der Waals surface area contributed by atoms with Gasteiger partial charge in [0.15, 0.2) is 0 Å². The molecule has 1 aromatic heterocycles. The van der Waals surface area contributed by atoms with Crippen molar-refractivity contribution in [1.29, 1.82) is 0 Å². The van der Waals surface area contributed by atoms with Crippen LogP contribution < -0.4 is 0 Å². The Balaban J connectivity index is 1.30. The molecule has 0 spiro atoms. The van der Waals surface area contributed by atoms with E-state index in [1.54, 1.807) is 0 Å². The number of amides is 1. The molecule has 2 aliphatic rings. The molecule has 3 aromatic rings. The van der Waals surface area contributed by atoms with E-state index in [-0.39, 0.29) is 17.9 Å². The smallest absolute Gasteiger partial charge is 0.249 e. The fraction of sp³-hybridized carbons (Fsp3) is 0.333. The minimum atomic E-state index is -0.648. The summed E-state index contributed by atoms with van der Waals surface area (Å²) >= 11 is 0. The van der Waals surface area contributed by atoms with Crippen molar-refractivity contribution in [2.24, 2.45) is 5.92 Å². The van der Waals surface area contributed by atoms with E-state index < -0.39 is 17.7 Å². The summed E-state index contributed by atoms with van der Waals surface area (Å²) in [4.78, 5) is 22.9. The van der Waals surface area contributed by atoms with Crippen LogP contribution in [0.25, 0.3) is 11.0 Å². The van der Waals surface area contributed by atoms with Gasteiger partial charge in [0.05, 0.1) is 30.0 Å². The predicted octanol–water partition coefficient (Wildman–Crippen LogP) is 4.17. The Bertz CT molecular complexity index is 1020. The molecule has 0 unspecified atom stereocenters. The molecule has 0 N–H and O–H groups in total. The molecule has 0 radical (unpaired) electrons. The van der Waals surface area contributed by atoms with Crippen molar-refractivity contribution in [3.05, 3.63) is 66.0 Å². The Morgan fingerprint density at radius 1 is 1.11 bits per heavy atom. The molecule has 5 nitrogen and oxygen atoms in total. The van der Waals surface area contributed by atoms with E-state index in [9.17, 15) is 13.6 Å². The SMILES string of the molecule is O=C(C1CC(n2cnc3ccccc32)C1)N1OCC[C@H]1c1cc(F)cc(F)c1. The van der Waals surface area contributed by atoms with Crippen LogP contribution >= 0.6 is 0 Å². The number of halogens is 2. The highest BCUT2D eigenvalue weighted by molar-refractivity contribution is 5.80. The Morgan fingerprint density at radius 3 is 2.64 bits per heavy atom. The van der Waals surface area contributed by atoms with Crippen LogP contribution in [0.15, 0.2) is 48.8 Å². The first-order chi connectivity index (χ1) is 13.6. The second kappa shape index (κ2) is 6.67. The number of benzene rings is 2. The van der Waals surface area contributed by atoms with Crippen molar-refractivity contribution in [2.75, 3.05) is 6.61 Å². The number of para-hydroxylation sites is 2. The van der Waals surface area contributed by atoms with Crippen LogP contribution in [0.1, 0.15) is 36.9 Å². The zero-order chi connectivity index (χ0) is 19.3. The summed E-state index contributed by atoms with van der Waals surface area (Å²) in [6.45, 7) is 0.358. The monoisotopic (exact) mass is 383 g/mol. The normalized spacial score (nSPS) is 24.5. The van der Waals surface area contributed by atoms with E-state index in [1.807, 2.05) is 30.6 Å². The first-order valence-corrected chi connectivity index (χ1v) is 9.43. The maximum absolute atomic E-state index is 13.6. The molecule has 1 atom stereocenters. The quantitative estimate of drug-likeness (QED) is 0.682. The highest BCUT2D eigenvalue weighted by Gasteiger charge is 2.42. The van der Waals surface area contributed by atoms with E-state index in [2.05, 4.69) is 9.55 Å².